The Kier molecular flexibility index (Phi) is 5.16. The molecule has 0 amide bonds. The second-order valence-corrected chi connectivity index (χ2v) is 5.32. The van der Waals surface area contributed by atoms with Gasteiger partial charge in [0, 0.05) is 11.8 Å². The molecular formula is C10H19Br2N. The van der Waals surface area contributed by atoms with Gasteiger partial charge in [0.1, 0.15) is 12.3 Å². The predicted octanol–water partition coefficient (Wildman–Crippen LogP) is -0.324. The molecule has 1 aliphatic rings. The molecule has 3 heteroatoms. The molecule has 0 saturated carbocycles. The van der Waals surface area contributed by atoms with Gasteiger partial charge in [-0.3, -0.25) is 0 Å². The minimum Gasteiger partial charge on any atom is -1.00 e. The first-order valence-electron chi connectivity index (χ1n) is 4.66. The van der Waals surface area contributed by atoms with Crippen LogP contribution in [0.15, 0.2) is 0 Å². The zero-order valence-corrected chi connectivity index (χ0v) is 12.0. The van der Waals surface area contributed by atoms with Gasteiger partial charge in [-0.25, -0.2) is 4.58 Å². The standard InChI is InChI=1S/C10H19BrN.BrH/c1-8(2)12-7-10(3,4)5-9(12)6-11;/h7-9H,5-6H2,1-4H3;1H/q+1;/p-1. The van der Waals surface area contributed by atoms with Crippen LogP contribution in [0.2, 0.25) is 0 Å². The molecule has 1 unspecified atom stereocenters. The van der Waals surface area contributed by atoms with E-state index < -0.39 is 0 Å². The van der Waals surface area contributed by atoms with Crippen molar-refractivity contribution in [3.63, 3.8) is 0 Å². The average molecular weight is 313 g/mol. The Bertz CT molecular complexity index is 197. The van der Waals surface area contributed by atoms with Gasteiger partial charge < -0.3 is 17.0 Å². The molecule has 13 heavy (non-hydrogen) atoms. The van der Waals surface area contributed by atoms with Crippen LogP contribution in [0.3, 0.4) is 0 Å². The molecule has 0 aliphatic carbocycles. The molecule has 0 bridgehead atoms. The van der Waals surface area contributed by atoms with E-state index in [1.165, 1.54) is 6.42 Å². The minimum atomic E-state index is 0. The van der Waals surface area contributed by atoms with Crippen LogP contribution in [0.5, 0.6) is 0 Å². The summed E-state index contributed by atoms with van der Waals surface area (Å²) in [6.07, 6.45) is 3.67. The van der Waals surface area contributed by atoms with Crippen molar-refractivity contribution in [2.24, 2.45) is 5.41 Å². The van der Waals surface area contributed by atoms with Crippen molar-refractivity contribution in [1.82, 2.24) is 0 Å². The van der Waals surface area contributed by atoms with Gasteiger partial charge in [-0.1, -0.05) is 29.8 Å². The fourth-order valence-electron chi connectivity index (χ4n) is 1.98. The average Bonchev–Trinajstić information content (AvgIpc) is 2.25. The molecule has 1 aliphatic heterocycles. The van der Waals surface area contributed by atoms with Gasteiger partial charge in [-0.15, -0.1) is 0 Å². The number of nitrogens with zero attached hydrogens (tertiary/aromatic N) is 1. The highest BCUT2D eigenvalue weighted by molar-refractivity contribution is 9.09. The zero-order chi connectivity index (χ0) is 9.35. The normalized spacial score (nSPS) is 25.7. The maximum absolute atomic E-state index is 3.57. The first kappa shape index (κ1) is 13.6. The van der Waals surface area contributed by atoms with E-state index in [0.29, 0.717) is 17.5 Å². The summed E-state index contributed by atoms with van der Waals surface area (Å²) >= 11 is 3.57. The summed E-state index contributed by atoms with van der Waals surface area (Å²) in [6.45, 7) is 9.14. The summed E-state index contributed by atoms with van der Waals surface area (Å²) in [5.74, 6) is 0. The molecule has 1 atom stereocenters. The zero-order valence-electron chi connectivity index (χ0n) is 8.85. The van der Waals surface area contributed by atoms with E-state index in [4.69, 9.17) is 0 Å². The minimum absolute atomic E-state index is 0. The van der Waals surface area contributed by atoms with Crippen LogP contribution in [0, 0.1) is 5.41 Å². The van der Waals surface area contributed by atoms with Crippen molar-refractivity contribution in [2.75, 3.05) is 5.33 Å². The molecule has 0 aromatic carbocycles. The lowest BCUT2D eigenvalue weighted by atomic mass is 9.91. The van der Waals surface area contributed by atoms with E-state index in [1.54, 1.807) is 0 Å². The third-order valence-corrected chi connectivity index (χ3v) is 3.20. The molecular weight excluding hydrogens is 294 g/mol. The van der Waals surface area contributed by atoms with E-state index in [1.807, 2.05) is 0 Å². The topological polar surface area (TPSA) is 3.01 Å². The highest BCUT2D eigenvalue weighted by Crippen LogP contribution is 2.28. The summed E-state index contributed by atoms with van der Waals surface area (Å²) in [5, 5.41) is 1.09. The molecule has 0 fully saturated rings. The van der Waals surface area contributed by atoms with E-state index in [0.717, 1.165) is 5.33 Å². The lowest BCUT2D eigenvalue weighted by Gasteiger charge is -2.11. The number of halogens is 2. The smallest absolute Gasteiger partial charge is 0.163 e. The van der Waals surface area contributed by atoms with E-state index >= 15 is 0 Å². The van der Waals surface area contributed by atoms with Crippen molar-refractivity contribution in [2.45, 2.75) is 46.2 Å². The third-order valence-electron chi connectivity index (χ3n) is 2.46. The van der Waals surface area contributed by atoms with Gasteiger partial charge in [0.2, 0.25) is 0 Å². The van der Waals surface area contributed by atoms with Crippen molar-refractivity contribution in [3.8, 4) is 0 Å². The van der Waals surface area contributed by atoms with Crippen LogP contribution >= 0.6 is 15.9 Å². The van der Waals surface area contributed by atoms with Crippen molar-refractivity contribution in [1.29, 1.82) is 0 Å². The maximum atomic E-state index is 3.57. The SMILES string of the molecule is CC(C)[N+]1=CC(C)(C)CC1CBr.[Br-]. The largest absolute Gasteiger partial charge is 1.00 e. The molecule has 1 rings (SSSR count). The maximum Gasteiger partial charge on any atom is 0.163 e. The van der Waals surface area contributed by atoms with Gasteiger partial charge >= 0.3 is 0 Å². The Morgan fingerprint density at radius 3 is 2.38 bits per heavy atom. The Labute approximate surface area is 101 Å². The summed E-state index contributed by atoms with van der Waals surface area (Å²) in [4.78, 5) is 0. The second kappa shape index (κ2) is 4.92. The number of rotatable bonds is 2. The number of alkyl halides is 1. The highest BCUT2D eigenvalue weighted by Gasteiger charge is 2.38. The molecule has 0 spiro atoms. The lowest BCUT2D eigenvalue weighted by molar-refractivity contribution is -0.578. The van der Waals surface area contributed by atoms with Crippen LogP contribution in [0.25, 0.3) is 0 Å². The van der Waals surface area contributed by atoms with Gasteiger partial charge in [-0.05, 0) is 13.8 Å². The van der Waals surface area contributed by atoms with Gasteiger partial charge in [0.05, 0.1) is 5.33 Å². The fourth-order valence-corrected chi connectivity index (χ4v) is 2.54. The highest BCUT2D eigenvalue weighted by atomic mass is 79.9. The van der Waals surface area contributed by atoms with Gasteiger partial charge in [0.15, 0.2) is 6.04 Å². The third kappa shape index (κ3) is 3.35. The van der Waals surface area contributed by atoms with E-state index in [-0.39, 0.29) is 17.0 Å². The van der Waals surface area contributed by atoms with E-state index in [9.17, 15) is 0 Å². The first-order chi connectivity index (χ1) is 5.46. The first-order valence-corrected chi connectivity index (χ1v) is 5.78. The van der Waals surface area contributed by atoms with Crippen LogP contribution in [0.1, 0.15) is 34.1 Å². The number of hydrogen-bond donors (Lipinski definition) is 0. The summed E-state index contributed by atoms with van der Waals surface area (Å²) in [5.41, 5.74) is 0.392. The molecule has 0 N–H and O–H groups in total. The summed E-state index contributed by atoms with van der Waals surface area (Å²) < 4.78 is 2.48. The van der Waals surface area contributed by atoms with Crippen molar-refractivity contribution >= 4 is 22.1 Å². The number of hydrogen-bond acceptors (Lipinski definition) is 0. The molecule has 78 valence electrons. The second-order valence-electron chi connectivity index (χ2n) is 4.67. The Balaban J connectivity index is 0.00000144. The molecule has 0 aromatic rings. The predicted molar refractivity (Wildman–Crippen MR) is 57.4 cm³/mol. The van der Waals surface area contributed by atoms with Crippen LogP contribution in [-0.4, -0.2) is 28.2 Å². The van der Waals surface area contributed by atoms with Gasteiger partial charge in [0.25, 0.3) is 0 Å². The quantitative estimate of drug-likeness (QED) is 0.485. The molecule has 0 aromatic heterocycles. The molecule has 0 saturated heterocycles. The molecule has 1 heterocycles. The fraction of sp³-hybridized carbons (Fsp3) is 0.900. The van der Waals surface area contributed by atoms with Crippen LogP contribution < -0.4 is 17.0 Å². The monoisotopic (exact) mass is 311 g/mol. The van der Waals surface area contributed by atoms with Crippen LogP contribution in [-0.2, 0) is 0 Å². The van der Waals surface area contributed by atoms with Crippen molar-refractivity contribution in [3.05, 3.63) is 0 Å². The molecule has 0 radical (unpaired) electrons. The lowest BCUT2D eigenvalue weighted by Crippen LogP contribution is -3.00. The van der Waals surface area contributed by atoms with Crippen molar-refractivity contribution < 1.29 is 21.6 Å². The van der Waals surface area contributed by atoms with Crippen LogP contribution in [0.4, 0.5) is 0 Å². The Morgan fingerprint density at radius 2 is 2.08 bits per heavy atom. The Morgan fingerprint density at radius 1 is 1.54 bits per heavy atom. The summed E-state index contributed by atoms with van der Waals surface area (Å²) in [6, 6.07) is 1.33. The van der Waals surface area contributed by atoms with E-state index in [2.05, 4.69) is 54.4 Å². The van der Waals surface area contributed by atoms with Gasteiger partial charge in [-0.2, -0.15) is 0 Å². The summed E-state index contributed by atoms with van der Waals surface area (Å²) in [7, 11) is 0. The molecule has 1 nitrogen and oxygen atoms in total. The Hall–Kier alpha value is 0.630.